The van der Waals surface area contributed by atoms with E-state index in [9.17, 15) is 9.18 Å². The van der Waals surface area contributed by atoms with Crippen LogP contribution >= 0.6 is 11.6 Å². The van der Waals surface area contributed by atoms with Gasteiger partial charge in [0, 0.05) is 6.61 Å². The number of rotatable bonds is 4. The maximum absolute atomic E-state index is 13.7. The molecule has 5 rings (SSSR count). The first kappa shape index (κ1) is 19.7. The third-order valence-electron chi connectivity index (χ3n) is 5.29. The maximum Gasteiger partial charge on any atom is 0.344 e. The first-order valence-electron chi connectivity index (χ1n) is 9.84. The fourth-order valence-corrected chi connectivity index (χ4v) is 3.94. The van der Waals surface area contributed by atoms with Gasteiger partial charge in [0.05, 0.1) is 27.8 Å². The predicted molar refractivity (Wildman–Crippen MR) is 115 cm³/mol. The van der Waals surface area contributed by atoms with E-state index in [1.807, 2.05) is 18.2 Å². The quantitative estimate of drug-likeness (QED) is 0.476. The van der Waals surface area contributed by atoms with Crippen molar-refractivity contribution in [1.29, 1.82) is 0 Å². The van der Waals surface area contributed by atoms with E-state index in [-0.39, 0.29) is 29.1 Å². The second-order valence-electron chi connectivity index (χ2n) is 7.31. The molecule has 0 spiro atoms. The van der Waals surface area contributed by atoms with Gasteiger partial charge < -0.3 is 15.2 Å². The Morgan fingerprint density at radius 1 is 1.26 bits per heavy atom. The molecule has 1 aliphatic heterocycles. The molecule has 1 aliphatic rings. The van der Waals surface area contributed by atoms with Crippen molar-refractivity contribution in [3.05, 3.63) is 58.9 Å². The molecule has 0 amide bonds. The van der Waals surface area contributed by atoms with Crippen molar-refractivity contribution < 1.29 is 18.7 Å². The number of benzene rings is 2. The lowest BCUT2D eigenvalue weighted by atomic mass is 10.2. The van der Waals surface area contributed by atoms with Crippen LogP contribution in [0.2, 0.25) is 5.02 Å². The van der Waals surface area contributed by atoms with Crippen molar-refractivity contribution in [3.63, 3.8) is 0 Å². The summed E-state index contributed by atoms with van der Waals surface area (Å²) in [6.45, 7) is 0.792. The summed E-state index contributed by atoms with van der Waals surface area (Å²) in [4.78, 5) is 22.3. The number of hydrogen-bond donors (Lipinski definition) is 1. The van der Waals surface area contributed by atoms with Crippen molar-refractivity contribution in [2.75, 3.05) is 18.9 Å². The number of nitrogens with two attached hydrogens (primary N) is 1. The zero-order chi connectivity index (χ0) is 21.5. The van der Waals surface area contributed by atoms with E-state index >= 15 is 0 Å². The molecule has 2 aromatic carbocycles. The Kier molecular flexibility index (Phi) is 4.95. The zero-order valence-electron chi connectivity index (χ0n) is 16.3. The number of esters is 1. The SMILES string of the molecule is Nc1c(C(=O)OC[C@@H]2CCCO2)c2nc3ccccc3nc2n1-c1ccc(F)c(Cl)c1. The van der Waals surface area contributed by atoms with Gasteiger partial charge in [-0.15, -0.1) is 0 Å². The molecule has 2 N–H and O–H groups in total. The monoisotopic (exact) mass is 440 g/mol. The number of hydrogen-bond acceptors (Lipinski definition) is 6. The second-order valence-corrected chi connectivity index (χ2v) is 7.72. The number of anilines is 1. The topological polar surface area (TPSA) is 92.3 Å². The van der Waals surface area contributed by atoms with Crippen molar-refractivity contribution in [3.8, 4) is 5.69 Å². The number of nitrogens with zero attached hydrogens (tertiary/aromatic N) is 3. The number of fused-ring (bicyclic) bond motifs is 2. The lowest BCUT2D eigenvalue weighted by Crippen LogP contribution is -2.18. The normalized spacial score (nSPS) is 16.3. The van der Waals surface area contributed by atoms with E-state index in [0.717, 1.165) is 12.8 Å². The molecular formula is C22H18ClFN4O3. The van der Waals surface area contributed by atoms with Crippen molar-refractivity contribution in [2.45, 2.75) is 18.9 Å². The summed E-state index contributed by atoms with van der Waals surface area (Å²) in [5, 5.41) is -0.0741. The molecule has 158 valence electrons. The molecule has 0 unspecified atom stereocenters. The van der Waals surface area contributed by atoms with Gasteiger partial charge in [-0.2, -0.15) is 0 Å². The van der Waals surface area contributed by atoms with Gasteiger partial charge in [0.15, 0.2) is 5.65 Å². The molecule has 0 saturated carbocycles. The Balaban J connectivity index is 1.68. The summed E-state index contributed by atoms with van der Waals surface area (Å²) >= 11 is 5.98. The van der Waals surface area contributed by atoms with Gasteiger partial charge in [-0.25, -0.2) is 19.2 Å². The number of nitrogen functional groups attached to an aromatic ring is 1. The van der Waals surface area contributed by atoms with Crippen LogP contribution in [0.15, 0.2) is 42.5 Å². The molecule has 9 heteroatoms. The molecule has 1 fully saturated rings. The van der Waals surface area contributed by atoms with Gasteiger partial charge in [0.2, 0.25) is 0 Å². The van der Waals surface area contributed by atoms with Gasteiger partial charge in [0.1, 0.15) is 29.3 Å². The van der Waals surface area contributed by atoms with Crippen LogP contribution in [0.25, 0.3) is 27.9 Å². The third kappa shape index (κ3) is 3.47. The summed E-state index contributed by atoms with van der Waals surface area (Å²) in [7, 11) is 0. The van der Waals surface area contributed by atoms with Crippen LogP contribution in [0.3, 0.4) is 0 Å². The molecule has 0 bridgehead atoms. The number of aromatic nitrogens is 3. The number of ether oxygens (including phenoxy) is 2. The Hall–Kier alpha value is -3.23. The number of para-hydroxylation sites is 2. The molecule has 0 radical (unpaired) electrons. The highest BCUT2D eigenvalue weighted by Gasteiger charge is 2.27. The van der Waals surface area contributed by atoms with Crippen LogP contribution in [-0.2, 0) is 9.47 Å². The smallest absolute Gasteiger partial charge is 0.344 e. The van der Waals surface area contributed by atoms with Crippen molar-refractivity contribution in [1.82, 2.24) is 14.5 Å². The number of halogens is 2. The Labute approximate surface area is 181 Å². The maximum atomic E-state index is 13.7. The summed E-state index contributed by atoms with van der Waals surface area (Å²) in [6.07, 6.45) is 1.65. The van der Waals surface area contributed by atoms with Crippen LogP contribution in [0.5, 0.6) is 0 Å². The average Bonchev–Trinajstić information content (AvgIpc) is 3.38. The van der Waals surface area contributed by atoms with E-state index in [0.29, 0.717) is 34.5 Å². The Morgan fingerprint density at radius 2 is 2.03 bits per heavy atom. The average molecular weight is 441 g/mol. The minimum atomic E-state index is -0.616. The van der Waals surface area contributed by atoms with E-state index in [1.54, 1.807) is 6.07 Å². The van der Waals surface area contributed by atoms with E-state index < -0.39 is 11.8 Å². The molecule has 31 heavy (non-hydrogen) atoms. The van der Waals surface area contributed by atoms with Crippen molar-refractivity contribution in [2.24, 2.45) is 0 Å². The Morgan fingerprint density at radius 3 is 2.74 bits per heavy atom. The number of carbonyl (C=O) groups excluding carboxylic acids is 1. The van der Waals surface area contributed by atoms with Crippen molar-refractivity contribution >= 4 is 45.6 Å². The second kappa shape index (κ2) is 7.79. The highest BCUT2D eigenvalue weighted by Crippen LogP contribution is 2.32. The number of carbonyl (C=O) groups is 1. The molecule has 1 atom stereocenters. The molecule has 7 nitrogen and oxygen atoms in total. The molecule has 2 aromatic heterocycles. The summed E-state index contributed by atoms with van der Waals surface area (Å²) in [5.74, 6) is -1.09. The highest BCUT2D eigenvalue weighted by atomic mass is 35.5. The molecule has 1 saturated heterocycles. The van der Waals surface area contributed by atoms with Crippen LogP contribution in [-0.4, -0.2) is 39.8 Å². The van der Waals surface area contributed by atoms with Crippen LogP contribution in [0, 0.1) is 5.82 Å². The highest BCUT2D eigenvalue weighted by molar-refractivity contribution is 6.31. The molecule has 4 aromatic rings. The van der Waals surface area contributed by atoms with Gasteiger partial charge in [0.25, 0.3) is 0 Å². The summed E-state index contributed by atoms with van der Waals surface area (Å²) in [6, 6.07) is 11.4. The van der Waals surface area contributed by atoms with Gasteiger partial charge in [-0.05, 0) is 43.2 Å². The summed E-state index contributed by atoms with van der Waals surface area (Å²) < 4.78 is 26.3. The molecule has 3 heterocycles. The third-order valence-corrected chi connectivity index (χ3v) is 5.58. The lowest BCUT2D eigenvalue weighted by Gasteiger charge is -2.11. The first-order valence-corrected chi connectivity index (χ1v) is 10.2. The van der Waals surface area contributed by atoms with Gasteiger partial charge in [-0.3, -0.25) is 4.57 Å². The Bertz CT molecular complexity index is 1320. The van der Waals surface area contributed by atoms with Crippen LogP contribution in [0.1, 0.15) is 23.2 Å². The predicted octanol–water partition coefficient (Wildman–Crippen LogP) is 4.28. The van der Waals surface area contributed by atoms with Gasteiger partial charge >= 0.3 is 5.97 Å². The van der Waals surface area contributed by atoms with E-state index in [1.165, 1.54) is 22.8 Å². The van der Waals surface area contributed by atoms with E-state index in [4.69, 9.17) is 26.8 Å². The van der Waals surface area contributed by atoms with Crippen LogP contribution in [0.4, 0.5) is 10.2 Å². The molecule has 0 aliphatic carbocycles. The lowest BCUT2D eigenvalue weighted by molar-refractivity contribution is 0.0163. The van der Waals surface area contributed by atoms with Crippen LogP contribution < -0.4 is 5.73 Å². The largest absolute Gasteiger partial charge is 0.459 e. The molecular weight excluding hydrogens is 423 g/mol. The minimum absolute atomic E-state index is 0.0741. The first-order chi connectivity index (χ1) is 15.0. The van der Waals surface area contributed by atoms with Gasteiger partial charge in [-0.1, -0.05) is 23.7 Å². The fourth-order valence-electron chi connectivity index (χ4n) is 3.76. The van der Waals surface area contributed by atoms with E-state index in [2.05, 4.69) is 9.97 Å². The summed E-state index contributed by atoms with van der Waals surface area (Å²) in [5.41, 5.74) is 8.84. The minimum Gasteiger partial charge on any atom is -0.459 e. The zero-order valence-corrected chi connectivity index (χ0v) is 17.1. The standard InChI is InChI=1S/C22H18ClFN4O3/c23-14-10-12(7-8-15(14)24)28-20(25)18(22(29)31-11-13-4-3-9-30-13)19-21(28)27-17-6-2-1-5-16(17)26-19/h1-2,5-8,10,13H,3-4,9,11,25H2/t13-/m0/s1. The fraction of sp³-hybridized carbons (Fsp3) is 0.227.